The fourth-order valence-electron chi connectivity index (χ4n) is 6.70. The Hall–Kier alpha value is -2.54. The minimum atomic E-state index is 0.523. The SMILES string of the molecule is c1ccc(Nc2ccc(-c3ccc(C45CC6CC(CC4C6)C5)cc3)cc2)cc1. The molecule has 1 nitrogen and oxygen atoms in total. The molecule has 4 saturated carbocycles. The van der Waals surface area contributed by atoms with Crippen LogP contribution in [-0.2, 0) is 5.41 Å². The van der Waals surface area contributed by atoms with Gasteiger partial charge >= 0.3 is 0 Å². The number of benzene rings is 3. The maximum Gasteiger partial charge on any atom is 0.0384 e. The van der Waals surface area contributed by atoms with E-state index in [1.54, 1.807) is 5.56 Å². The lowest BCUT2D eigenvalue weighted by Crippen LogP contribution is -2.27. The molecule has 4 bridgehead atoms. The molecule has 0 radical (unpaired) electrons. The molecule has 140 valence electrons. The van der Waals surface area contributed by atoms with Gasteiger partial charge in [-0.15, -0.1) is 0 Å². The molecule has 4 aliphatic carbocycles. The number of hydrogen-bond donors (Lipinski definition) is 1. The van der Waals surface area contributed by atoms with Gasteiger partial charge in [-0.05, 0) is 96.2 Å². The standard InChI is InChI=1S/C27H27N/c1-2-4-25(5-3-1)28-26-12-8-22(9-13-26)21-6-10-23(11-7-21)27-17-19-14-20(18-27)16-24(27)15-19/h1-13,19-20,24,28H,14-18H2. The summed E-state index contributed by atoms with van der Waals surface area (Å²) in [5.41, 5.74) is 7.01. The summed E-state index contributed by atoms with van der Waals surface area (Å²) >= 11 is 0. The third-order valence-corrected chi connectivity index (χ3v) is 7.73. The molecule has 0 aromatic heterocycles. The van der Waals surface area contributed by atoms with Crippen LogP contribution in [0.15, 0.2) is 78.9 Å². The van der Waals surface area contributed by atoms with Gasteiger partial charge in [0.25, 0.3) is 0 Å². The lowest BCUT2D eigenvalue weighted by Gasteiger charge is -2.33. The third kappa shape index (κ3) is 2.60. The summed E-state index contributed by atoms with van der Waals surface area (Å²) in [6.07, 6.45) is 7.41. The van der Waals surface area contributed by atoms with Gasteiger partial charge in [-0.2, -0.15) is 0 Å². The second-order valence-electron chi connectivity index (χ2n) is 9.35. The summed E-state index contributed by atoms with van der Waals surface area (Å²) in [4.78, 5) is 0. The molecule has 3 aromatic carbocycles. The molecular weight excluding hydrogens is 338 g/mol. The molecule has 1 N–H and O–H groups in total. The average molecular weight is 366 g/mol. The highest BCUT2D eigenvalue weighted by Gasteiger charge is 2.58. The molecule has 2 atom stereocenters. The molecular formula is C27H27N. The van der Waals surface area contributed by atoms with Crippen molar-refractivity contribution in [2.24, 2.45) is 17.8 Å². The highest BCUT2D eigenvalue weighted by Crippen LogP contribution is 2.65. The first-order valence-corrected chi connectivity index (χ1v) is 10.8. The van der Waals surface area contributed by atoms with Crippen LogP contribution in [-0.4, -0.2) is 0 Å². The molecule has 0 saturated heterocycles. The molecule has 0 heterocycles. The van der Waals surface area contributed by atoms with Gasteiger partial charge in [0.2, 0.25) is 0 Å². The Balaban J connectivity index is 1.22. The van der Waals surface area contributed by atoms with E-state index in [1.807, 2.05) is 6.07 Å². The van der Waals surface area contributed by atoms with E-state index in [4.69, 9.17) is 0 Å². The Morgan fingerprint density at radius 1 is 0.607 bits per heavy atom. The zero-order valence-electron chi connectivity index (χ0n) is 16.3. The number of nitrogens with one attached hydrogen (secondary N) is 1. The van der Waals surface area contributed by atoms with Gasteiger partial charge < -0.3 is 5.32 Å². The van der Waals surface area contributed by atoms with E-state index in [0.717, 1.165) is 29.1 Å². The van der Waals surface area contributed by atoms with Gasteiger partial charge in [0.1, 0.15) is 0 Å². The second-order valence-corrected chi connectivity index (χ2v) is 9.35. The maximum absolute atomic E-state index is 3.46. The van der Waals surface area contributed by atoms with E-state index in [-0.39, 0.29) is 0 Å². The van der Waals surface area contributed by atoms with Crippen molar-refractivity contribution in [1.29, 1.82) is 0 Å². The highest BCUT2D eigenvalue weighted by molar-refractivity contribution is 5.68. The van der Waals surface area contributed by atoms with Crippen LogP contribution < -0.4 is 5.32 Å². The summed E-state index contributed by atoms with van der Waals surface area (Å²) in [6, 6.07) is 28.7. The first kappa shape index (κ1) is 16.4. The molecule has 4 fully saturated rings. The maximum atomic E-state index is 3.46. The molecule has 28 heavy (non-hydrogen) atoms. The Bertz CT molecular complexity index is 957. The van der Waals surface area contributed by atoms with E-state index in [0.29, 0.717) is 5.41 Å². The fraction of sp³-hybridized carbons (Fsp3) is 0.333. The third-order valence-electron chi connectivity index (χ3n) is 7.73. The first-order valence-electron chi connectivity index (χ1n) is 10.8. The van der Waals surface area contributed by atoms with Crippen LogP contribution in [0.2, 0.25) is 0 Å². The topological polar surface area (TPSA) is 12.0 Å². The lowest BCUT2D eigenvalue weighted by molar-refractivity contribution is 0.266. The van der Waals surface area contributed by atoms with Crippen LogP contribution in [0, 0.1) is 17.8 Å². The molecule has 0 spiro atoms. The van der Waals surface area contributed by atoms with E-state index >= 15 is 0 Å². The fourth-order valence-corrected chi connectivity index (χ4v) is 6.70. The molecule has 4 aliphatic rings. The van der Waals surface area contributed by atoms with Gasteiger partial charge in [-0.1, -0.05) is 54.6 Å². The molecule has 7 rings (SSSR count). The highest BCUT2D eigenvalue weighted by atomic mass is 14.9. The van der Waals surface area contributed by atoms with E-state index in [2.05, 4.69) is 78.1 Å². The smallest absolute Gasteiger partial charge is 0.0384 e. The van der Waals surface area contributed by atoms with Crippen LogP contribution in [0.1, 0.15) is 37.7 Å². The Morgan fingerprint density at radius 3 is 1.82 bits per heavy atom. The van der Waals surface area contributed by atoms with E-state index in [9.17, 15) is 0 Å². The monoisotopic (exact) mass is 365 g/mol. The minimum Gasteiger partial charge on any atom is -0.356 e. The summed E-state index contributed by atoms with van der Waals surface area (Å²) in [5, 5.41) is 3.46. The van der Waals surface area contributed by atoms with Crippen molar-refractivity contribution in [2.75, 3.05) is 5.32 Å². The van der Waals surface area contributed by atoms with Gasteiger partial charge in [-0.25, -0.2) is 0 Å². The molecule has 1 heteroatoms. The molecule has 0 aliphatic heterocycles. The predicted octanol–water partition coefficient (Wildman–Crippen LogP) is 7.17. The summed E-state index contributed by atoms with van der Waals surface area (Å²) in [5.74, 6) is 2.99. The van der Waals surface area contributed by atoms with Crippen molar-refractivity contribution in [3.63, 3.8) is 0 Å². The van der Waals surface area contributed by atoms with Gasteiger partial charge in [0, 0.05) is 11.4 Å². The van der Waals surface area contributed by atoms with Crippen LogP contribution in [0.4, 0.5) is 11.4 Å². The first-order chi connectivity index (χ1) is 13.8. The predicted molar refractivity (Wildman–Crippen MR) is 117 cm³/mol. The van der Waals surface area contributed by atoms with Gasteiger partial charge in [0.15, 0.2) is 0 Å². The summed E-state index contributed by atoms with van der Waals surface area (Å²) < 4.78 is 0. The number of anilines is 2. The number of hydrogen-bond acceptors (Lipinski definition) is 1. The zero-order chi connectivity index (χ0) is 18.6. The number of rotatable bonds is 4. The molecule has 0 amide bonds. The van der Waals surface area contributed by atoms with Crippen LogP contribution in [0.25, 0.3) is 11.1 Å². The summed E-state index contributed by atoms with van der Waals surface area (Å²) in [7, 11) is 0. The Labute approximate surface area is 167 Å². The van der Waals surface area contributed by atoms with Crippen molar-refractivity contribution in [3.05, 3.63) is 84.4 Å². The van der Waals surface area contributed by atoms with Gasteiger partial charge in [-0.3, -0.25) is 0 Å². The van der Waals surface area contributed by atoms with Crippen molar-refractivity contribution in [2.45, 2.75) is 37.5 Å². The van der Waals surface area contributed by atoms with Crippen molar-refractivity contribution >= 4 is 11.4 Å². The average Bonchev–Trinajstić information content (AvgIpc) is 3.14. The zero-order valence-corrected chi connectivity index (χ0v) is 16.3. The molecule has 3 aromatic rings. The van der Waals surface area contributed by atoms with Crippen LogP contribution in [0.5, 0.6) is 0 Å². The minimum absolute atomic E-state index is 0.523. The lowest BCUT2D eigenvalue weighted by atomic mass is 9.71. The van der Waals surface area contributed by atoms with Crippen molar-refractivity contribution < 1.29 is 0 Å². The van der Waals surface area contributed by atoms with Crippen LogP contribution >= 0.6 is 0 Å². The van der Waals surface area contributed by atoms with E-state index < -0.39 is 0 Å². The number of para-hydroxylation sites is 1. The molecule has 2 unspecified atom stereocenters. The van der Waals surface area contributed by atoms with Crippen molar-refractivity contribution in [3.8, 4) is 11.1 Å². The second kappa shape index (κ2) is 6.24. The summed E-state index contributed by atoms with van der Waals surface area (Å²) in [6.45, 7) is 0. The quantitative estimate of drug-likeness (QED) is 0.516. The Morgan fingerprint density at radius 2 is 1.18 bits per heavy atom. The van der Waals surface area contributed by atoms with Crippen molar-refractivity contribution in [1.82, 2.24) is 0 Å². The normalized spacial score (nSPS) is 29.9. The van der Waals surface area contributed by atoms with Crippen LogP contribution in [0.3, 0.4) is 0 Å². The Kier molecular flexibility index (Phi) is 3.66. The van der Waals surface area contributed by atoms with E-state index in [1.165, 1.54) is 43.2 Å². The largest absolute Gasteiger partial charge is 0.356 e. The van der Waals surface area contributed by atoms with Gasteiger partial charge in [0.05, 0.1) is 0 Å².